The zero-order valence-electron chi connectivity index (χ0n) is 17.6. The number of aromatic nitrogens is 1. The van der Waals surface area contributed by atoms with Crippen LogP contribution in [0, 0.1) is 0 Å². The minimum atomic E-state index is -0.529. The summed E-state index contributed by atoms with van der Waals surface area (Å²) in [6, 6.07) is 13.6. The molecule has 1 N–H and O–H groups in total. The van der Waals surface area contributed by atoms with Gasteiger partial charge in [0.05, 0.1) is 11.7 Å². The largest absolute Gasteiger partial charge is 0.481 e. The van der Waals surface area contributed by atoms with Crippen molar-refractivity contribution in [2.24, 2.45) is 0 Å². The first-order chi connectivity index (χ1) is 14.6. The van der Waals surface area contributed by atoms with Crippen LogP contribution in [0.4, 0.5) is 0 Å². The highest BCUT2D eigenvalue weighted by Gasteiger charge is 2.42. The molecule has 6 nitrogen and oxygen atoms in total. The van der Waals surface area contributed by atoms with E-state index >= 15 is 0 Å². The standard InChI is InChI=1S/C24H31N3O3/c1-19(29-21-5-3-2-4-6-21)23(28)26-17-22-7-10-24(30-22)11-15-27(16-12-24)18-20-8-13-25-14-9-20/h2-6,8-9,13-14,19,22H,7,10-12,15-18H2,1H3,(H,26,28)/t19-,22+/m1/s1. The van der Waals surface area contributed by atoms with Crippen molar-refractivity contribution in [1.29, 1.82) is 0 Å². The number of ether oxygens (including phenoxy) is 2. The van der Waals surface area contributed by atoms with Crippen LogP contribution in [-0.2, 0) is 16.1 Å². The van der Waals surface area contributed by atoms with Crippen molar-refractivity contribution in [2.45, 2.75) is 57.0 Å². The van der Waals surface area contributed by atoms with Crippen molar-refractivity contribution in [1.82, 2.24) is 15.2 Å². The number of rotatable bonds is 7. The van der Waals surface area contributed by atoms with Crippen LogP contribution in [0.3, 0.4) is 0 Å². The summed E-state index contributed by atoms with van der Waals surface area (Å²) in [6.45, 7) is 5.38. The number of amides is 1. The predicted molar refractivity (Wildman–Crippen MR) is 115 cm³/mol. The van der Waals surface area contributed by atoms with Crippen LogP contribution in [0.5, 0.6) is 5.75 Å². The van der Waals surface area contributed by atoms with E-state index in [0.29, 0.717) is 12.3 Å². The number of carbonyl (C=O) groups is 1. The second kappa shape index (κ2) is 9.58. The molecule has 0 radical (unpaired) electrons. The molecule has 2 aromatic rings. The van der Waals surface area contributed by atoms with Crippen molar-refractivity contribution >= 4 is 5.91 Å². The number of nitrogens with one attached hydrogen (secondary N) is 1. The predicted octanol–water partition coefficient (Wildman–Crippen LogP) is 3.18. The van der Waals surface area contributed by atoms with Gasteiger partial charge in [0.1, 0.15) is 5.75 Å². The highest BCUT2D eigenvalue weighted by atomic mass is 16.5. The Kier molecular flexibility index (Phi) is 6.65. The van der Waals surface area contributed by atoms with E-state index in [0.717, 1.165) is 45.3 Å². The van der Waals surface area contributed by atoms with Crippen molar-refractivity contribution in [3.8, 4) is 5.75 Å². The van der Waals surface area contributed by atoms with Gasteiger partial charge in [0.2, 0.25) is 0 Å². The van der Waals surface area contributed by atoms with Crippen molar-refractivity contribution < 1.29 is 14.3 Å². The van der Waals surface area contributed by atoms with E-state index < -0.39 is 6.10 Å². The number of piperidine rings is 1. The van der Waals surface area contributed by atoms with Crippen molar-refractivity contribution in [2.75, 3.05) is 19.6 Å². The van der Waals surface area contributed by atoms with Crippen LogP contribution in [0.25, 0.3) is 0 Å². The number of pyridine rings is 1. The summed E-state index contributed by atoms with van der Waals surface area (Å²) < 4.78 is 12.1. The molecule has 6 heteroatoms. The van der Waals surface area contributed by atoms with E-state index in [9.17, 15) is 4.79 Å². The monoisotopic (exact) mass is 409 g/mol. The maximum atomic E-state index is 12.4. The second-order valence-corrected chi connectivity index (χ2v) is 8.41. The van der Waals surface area contributed by atoms with Crippen LogP contribution >= 0.6 is 0 Å². The molecule has 2 aliphatic heterocycles. The van der Waals surface area contributed by atoms with Gasteiger partial charge in [-0.3, -0.25) is 14.7 Å². The summed E-state index contributed by atoms with van der Waals surface area (Å²) in [4.78, 5) is 19.0. The molecule has 1 amide bonds. The Labute approximate surface area is 178 Å². The van der Waals surface area contributed by atoms with Gasteiger partial charge >= 0.3 is 0 Å². The highest BCUT2D eigenvalue weighted by Crippen LogP contribution is 2.39. The van der Waals surface area contributed by atoms with E-state index in [-0.39, 0.29) is 17.6 Å². The molecule has 160 valence electrons. The molecule has 2 atom stereocenters. The van der Waals surface area contributed by atoms with Gasteiger partial charge in [0, 0.05) is 38.6 Å². The molecule has 3 heterocycles. The first-order valence-electron chi connectivity index (χ1n) is 10.9. The summed E-state index contributed by atoms with van der Waals surface area (Å²) in [5, 5.41) is 3.00. The lowest BCUT2D eigenvalue weighted by molar-refractivity contribution is -0.128. The quantitative estimate of drug-likeness (QED) is 0.761. The molecule has 0 saturated carbocycles. The molecule has 0 bridgehead atoms. The molecule has 1 aromatic carbocycles. The Morgan fingerprint density at radius 1 is 1.20 bits per heavy atom. The van der Waals surface area contributed by atoms with E-state index in [1.54, 1.807) is 6.92 Å². The molecule has 0 aliphatic carbocycles. The first-order valence-corrected chi connectivity index (χ1v) is 10.9. The maximum Gasteiger partial charge on any atom is 0.260 e. The van der Waals surface area contributed by atoms with Gasteiger partial charge in [-0.05, 0) is 62.4 Å². The summed E-state index contributed by atoms with van der Waals surface area (Å²) in [5.41, 5.74) is 1.29. The summed E-state index contributed by atoms with van der Waals surface area (Å²) >= 11 is 0. The lowest BCUT2D eigenvalue weighted by Crippen LogP contribution is -2.45. The van der Waals surface area contributed by atoms with Crippen LogP contribution in [0.15, 0.2) is 54.9 Å². The number of likely N-dealkylation sites (tertiary alicyclic amines) is 1. The molecule has 2 aliphatic rings. The molecule has 4 rings (SSSR count). The van der Waals surface area contributed by atoms with E-state index in [1.807, 2.05) is 42.7 Å². The molecular weight excluding hydrogens is 378 g/mol. The number of carbonyl (C=O) groups excluding carboxylic acids is 1. The molecule has 0 unspecified atom stereocenters. The number of hydrogen-bond donors (Lipinski definition) is 1. The third kappa shape index (κ3) is 5.37. The minimum Gasteiger partial charge on any atom is -0.481 e. The Morgan fingerprint density at radius 2 is 1.93 bits per heavy atom. The second-order valence-electron chi connectivity index (χ2n) is 8.41. The van der Waals surface area contributed by atoms with Crippen LogP contribution in [-0.4, -0.2) is 53.2 Å². The average Bonchev–Trinajstić information content (AvgIpc) is 3.18. The highest BCUT2D eigenvalue weighted by molar-refractivity contribution is 5.80. The normalized spacial score (nSPS) is 22.0. The summed E-state index contributed by atoms with van der Waals surface area (Å²) in [7, 11) is 0. The van der Waals surface area contributed by atoms with Gasteiger partial charge in [-0.2, -0.15) is 0 Å². The fourth-order valence-corrected chi connectivity index (χ4v) is 4.39. The summed E-state index contributed by atoms with van der Waals surface area (Å²) in [6.07, 6.45) is 7.44. The van der Waals surface area contributed by atoms with Crippen LogP contribution in [0.1, 0.15) is 38.2 Å². The Hall–Kier alpha value is -2.44. The van der Waals surface area contributed by atoms with E-state index in [2.05, 4.69) is 27.3 Å². The van der Waals surface area contributed by atoms with Gasteiger partial charge in [0.25, 0.3) is 5.91 Å². The minimum absolute atomic E-state index is 0.0176. The Morgan fingerprint density at radius 3 is 2.67 bits per heavy atom. The number of benzene rings is 1. The fourth-order valence-electron chi connectivity index (χ4n) is 4.39. The average molecular weight is 410 g/mol. The van der Waals surface area contributed by atoms with Gasteiger partial charge in [-0.15, -0.1) is 0 Å². The molecule has 2 fully saturated rings. The zero-order chi connectivity index (χ0) is 20.8. The lowest BCUT2D eigenvalue weighted by Gasteiger charge is -2.39. The molecule has 1 spiro atoms. The fraction of sp³-hybridized carbons (Fsp3) is 0.500. The smallest absolute Gasteiger partial charge is 0.260 e. The van der Waals surface area contributed by atoms with Gasteiger partial charge in [-0.25, -0.2) is 0 Å². The molecule has 2 saturated heterocycles. The topological polar surface area (TPSA) is 63.7 Å². The molecular formula is C24H31N3O3. The van der Waals surface area contributed by atoms with E-state index in [4.69, 9.17) is 9.47 Å². The molecule has 1 aromatic heterocycles. The van der Waals surface area contributed by atoms with Crippen LogP contribution < -0.4 is 10.1 Å². The van der Waals surface area contributed by atoms with Gasteiger partial charge in [0.15, 0.2) is 6.10 Å². The Bertz CT molecular complexity index is 807. The Balaban J connectivity index is 1.19. The van der Waals surface area contributed by atoms with Crippen molar-refractivity contribution in [3.05, 3.63) is 60.4 Å². The SMILES string of the molecule is C[C@@H](Oc1ccccc1)C(=O)NC[C@@H]1CCC2(CCN(Cc3ccncc3)CC2)O1. The summed E-state index contributed by atoms with van der Waals surface area (Å²) in [5.74, 6) is 0.602. The third-order valence-corrected chi connectivity index (χ3v) is 6.19. The van der Waals surface area contributed by atoms with Gasteiger partial charge < -0.3 is 14.8 Å². The van der Waals surface area contributed by atoms with Gasteiger partial charge in [-0.1, -0.05) is 18.2 Å². The molecule has 30 heavy (non-hydrogen) atoms. The van der Waals surface area contributed by atoms with Crippen molar-refractivity contribution in [3.63, 3.8) is 0 Å². The lowest BCUT2D eigenvalue weighted by atomic mass is 9.88. The number of nitrogens with zero attached hydrogens (tertiary/aromatic N) is 2. The number of hydrogen-bond acceptors (Lipinski definition) is 5. The van der Waals surface area contributed by atoms with E-state index in [1.165, 1.54) is 5.56 Å². The van der Waals surface area contributed by atoms with Crippen LogP contribution in [0.2, 0.25) is 0 Å². The number of para-hydroxylation sites is 1. The zero-order valence-corrected chi connectivity index (χ0v) is 17.6. The first kappa shape index (κ1) is 20.8. The third-order valence-electron chi connectivity index (χ3n) is 6.19. The maximum absolute atomic E-state index is 12.4.